The molecule has 2 aromatic heterocycles. The van der Waals surface area contributed by atoms with Crippen molar-refractivity contribution in [2.24, 2.45) is 5.92 Å². The molecular formula is C21H22N4O2S. The highest BCUT2D eigenvalue weighted by atomic mass is 32.1. The Morgan fingerprint density at radius 2 is 2.04 bits per heavy atom. The third-order valence-corrected chi connectivity index (χ3v) is 5.91. The number of hydrogen-bond acceptors (Lipinski definition) is 5. The van der Waals surface area contributed by atoms with Gasteiger partial charge < -0.3 is 5.32 Å². The average Bonchev–Trinajstić information content (AvgIpc) is 3.09. The number of hydrogen-bond donors (Lipinski definition) is 1. The van der Waals surface area contributed by atoms with Gasteiger partial charge in [-0.15, -0.1) is 11.3 Å². The summed E-state index contributed by atoms with van der Waals surface area (Å²) < 4.78 is 1.29. The number of fused-ring (bicyclic) bond motifs is 1. The Bertz CT molecular complexity index is 1120. The quantitative estimate of drug-likeness (QED) is 0.717. The first kappa shape index (κ1) is 19.8. The molecule has 144 valence electrons. The first-order valence-electron chi connectivity index (χ1n) is 9.01. The van der Waals surface area contributed by atoms with Crippen LogP contribution in [0.1, 0.15) is 26.3 Å². The summed E-state index contributed by atoms with van der Waals surface area (Å²) in [7, 11) is 0. The lowest BCUT2D eigenvalue weighted by Crippen LogP contribution is -2.50. The van der Waals surface area contributed by atoms with Crippen molar-refractivity contribution in [3.8, 4) is 17.2 Å². The summed E-state index contributed by atoms with van der Waals surface area (Å²) in [5.41, 5.74) is 1.64. The van der Waals surface area contributed by atoms with Gasteiger partial charge in [-0.05, 0) is 25.3 Å². The van der Waals surface area contributed by atoms with Crippen LogP contribution in [0.2, 0.25) is 0 Å². The Kier molecular flexibility index (Phi) is 5.34. The number of nitrogens with zero attached hydrogens (tertiary/aromatic N) is 3. The minimum Gasteiger partial charge on any atom is -0.336 e. The molecule has 2 heterocycles. The molecule has 0 spiro atoms. The zero-order valence-electron chi connectivity index (χ0n) is 16.3. The Labute approximate surface area is 167 Å². The number of amides is 1. The van der Waals surface area contributed by atoms with Crippen molar-refractivity contribution in [1.29, 1.82) is 5.26 Å². The van der Waals surface area contributed by atoms with Crippen LogP contribution in [-0.2, 0) is 11.3 Å². The van der Waals surface area contributed by atoms with Crippen molar-refractivity contribution in [1.82, 2.24) is 14.9 Å². The Morgan fingerprint density at radius 3 is 2.64 bits per heavy atom. The number of aromatic nitrogens is 2. The summed E-state index contributed by atoms with van der Waals surface area (Å²) in [6.07, 6.45) is 1.39. The van der Waals surface area contributed by atoms with Crippen molar-refractivity contribution >= 4 is 27.5 Å². The van der Waals surface area contributed by atoms with Crippen LogP contribution in [0.15, 0.2) is 40.8 Å². The SMILES string of the molecule is Cc1ccc(-c2csc3ncn(CC(=O)NC(C)(C#N)C(C)C)c(=O)c23)cc1. The van der Waals surface area contributed by atoms with Crippen molar-refractivity contribution in [2.75, 3.05) is 0 Å². The second kappa shape index (κ2) is 7.56. The lowest BCUT2D eigenvalue weighted by Gasteiger charge is -2.27. The Balaban J connectivity index is 1.96. The van der Waals surface area contributed by atoms with E-state index in [-0.39, 0.29) is 18.0 Å². The third kappa shape index (κ3) is 3.69. The van der Waals surface area contributed by atoms with Gasteiger partial charge in [0.2, 0.25) is 5.91 Å². The number of thiophene rings is 1. The standard InChI is InChI=1S/C21H22N4O2S/c1-13(2)21(4,11-22)24-17(26)9-25-12-23-19-18(20(25)27)16(10-28-19)15-7-5-14(3)6-8-15/h5-8,10,12-13H,9H2,1-4H3,(H,24,26). The van der Waals surface area contributed by atoms with Gasteiger partial charge in [0.25, 0.3) is 5.56 Å². The molecule has 6 nitrogen and oxygen atoms in total. The van der Waals surface area contributed by atoms with Gasteiger partial charge in [0, 0.05) is 10.9 Å². The summed E-state index contributed by atoms with van der Waals surface area (Å²) in [5.74, 6) is -0.461. The fourth-order valence-corrected chi connectivity index (χ4v) is 3.72. The summed E-state index contributed by atoms with van der Waals surface area (Å²) in [6.45, 7) is 7.23. The first-order chi connectivity index (χ1) is 13.2. The van der Waals surface area contributed by atoms with E-state index in [9.17, 15) is 14.9 Å². The van der Waals surface area contributed by atoms with Gasteiger partial charge in [0.1, 0.15) is 16.9 Å². The highest BCUT2D eigenvalue weighted by molar-refractivity contribution is 7.17. The molecule has 1 atom stereocenters. The molecule has 1 unspecified atom stereocenters. The zero-order chi connectivity index (χ0) is 20.5. The van der Waals surface area contributed by atoms with Crippen LogP contribution in [0, 0.1) is 24.2 Å². The lowest BCUT2D eigenvalue weighted by molar-refractivity contribution is -0.123. The van der Waals surface area contributed by atoms with E-state index in [4.69, 9.17) is 0 Å². The van der Waals surface area contributed by atoms with E-state index in [0.29, 0.717) is 10.2 Å². The minimum atomic E-state index is -0.992. The molecule has 7 heteroatoms. The van der Waals surface area contributed by atoms with E-state index in [1.54, 1.807) is 6.92 Å². The normalized spacial score (nSPS) is 13.3. The van der Waals surface area contributed by atoms with E-state index in [2.05, 4.69) is 16.4 Å². The zero-order valence-corrected chi connectivity index (χ0v) is 17.1. The summed E-state index contributed by atoms with van der Waals surface area (Å²) >= 11 is 1.40. The molecule has 0 saturated carbocycles. The Hall–Kier alpha value is -2.98. The van der Waals surface area contributed by atoms with Gasteiger partial charge in [0.15, 0.2) is 0 Å². The predicted octanol–water partition coefficient (Wildman–Crippen LogP) is 3.49. The third-order valence-electron chi connectivity index (χ3n) is 5.02. The fraction of sp³-hybridized carbons (Fsp3) is 0.333. The van der Waals surface area contributed by atoms with Crippen LogP contribution in [0.3, 0.4) is 0 Å². The molecular weight excluding hydrogens is 372 g/mol. The molecule has 0 aliphatic heterocycles. The highest BCUT2D eigenvalue weighted by Crippen LogP contribution is 2.30. The van der Waals surface area contributed by atoms with E-state index in [0.717, 1.165) is 16.7 Å². The van der Waals surface area contributed by atoms with Crippen molar-refractivity contribution < 1.29 is 4.79 Å². The summed E-state index contributed by atoms with van der Waals surface area (Å²) in [4.78, 5) is 30.5. The van der Waals surface area contributed by atoms with E-state index in [1.165, 1.54) is 22.2 Å². The molecule has 1 aromatic carbocycles. The molecule has 0 aliphatic rings. The number of aryl methyl sites for hydroxylation is 1. The van der Waals surface area contributed by atoms with E-state index < -0.39 is 11.4 Å². The molecule has 3 aromatic rings. The monoisotopic (exact) mass is 394 g/mol. The minimum absolute atomic E-state index is 0.0659. The van der Waals surface area contributed by atoms with E-state index >= 15 is 0 Å². The first-order valence-corrected chi connectivity index (χ1v) is 9.89. The van der Waals surface area contributed by atoms with Crippen LogP contribution in [0.4, 0.5) is 0 Å². The van der Waals surface area contributed by atoms with Gasteiger partial charge in [-0.1, -0.05) is 43.7 Å². The maximum absolute atomic E-state index is 13.0. The van der Waals surface area contributed by atoms with Gasteiger partial charge >= 0.3 is 0 Å². The van der Waals surface area contributed by atoms with Crippen molar-refractivity contribution in [3.05, 3.63) is 51.9 Å². The summed E-state index contributed by atoms with van der Waals surface area (Å²) in [6, 6.07) is 10.1. The number of nitrogens with one attached hydrogen (secondary N) is 1. The van der Waals surface area contributed by atoms with Crippen molar-refractivity contribution in [2.45, 2.75) is 39.8 Å². The maximum atomic E-state index is 13.0. The molecule has 0 bridgehead atoms. The highest BCUT2D eigenvalue weighted by Gasteiger charge is 2.30. The second-order valence-electron chi connectivity index (χ2n) is 7.39. The largest absolute Gasteiger partial charge is 0.336 e. The molecule has 0 saturated heterocycles. The predicted molar refractivity (Wildman–Crippen MR) is 111 cm³/mol. The van der Waals surface area contributed by atoms with Crippen LogP contribution in [-0.4, -0.2) is 21.0 Å². The van der Waals surface area contributed by atoms with Crippen LogP contribution < -0.4 is 10.9 Å². The van der Waals surface area contributed by atoms with Gasteiger partial charge in [-0.25, -0.2) is 4.98 Å². The molecule has 3 rings (SSSR count). The number of carbonyl (C=O) groups excluding carboxylic acids is 1. The van der Waals surface area contributed by atoms with Crippen LogP contribution in [0.25, 0.3) is 21.3 Å². The van der Waals surface area contributed by atoms with Gasteiger partial charge in [-0.3, -0.25) is 14.2 Å². The Morgan fingerprint density at radius 1 is 1.36 bits per heavy atom. The molecule has 1 amide bonds. The average molecular weight is 395 g/mol. The van der Waals surface area contributed by atoms with Crippen LogP contribution in [0.5, 0.6) is 0 Å². The second-order valence-corrected chi connectivity index (χ2v) is 8.25. The number of rotatable bonds is 5. The van der Waals surface area contributed by atoms with E-state index in [1.807, 2.05) is 50.4 Å². The molecule has 28 heavy (non-hydrogen) atoms. The van der Waals surface area contributed by atoms with Crippen LogP contribution >= 0.6 is 11.3 Å². The van der Waals surface area contributed by atoms with Gasteiger partial charge in [0.05, 0.1) is 17.8 Å². The fourth-order valence-electron chi connectivity index (χ4n) is 2.81. The topological polar surface area (TPSA) is 87.8 Å². The summed E-state index contributed by atoms with van der Waals surface area (Å²) in [5, 5.41) is 14.5. The van der Waals surface area contributed by atoms with Gasteiger partial charge in [-0.2, -0.15) is 5.26 Å². The molecule has 1 N–H and O–H groups in total. The smallest absolute Gasteiger partial charge is 0.263 e. The molecule has 0 fully saturated rings. The lowest BCUT2D eigenvalue weighted by atomic mass is 9.90. The maximum Gasteiger partial charge on any atom is 0.263 e. The number of carbonyl (C=O) groups is 1. The number of benzene rings is 1. The van der Waals surface area contributed by atoms with Crippen molar-refractivity contribution in [3.63, 3.8) is 0 Å². The molecule has 0 radical (unpaired) electrons. The number of nitriles is 1. The molecule has 0 aliphatic carbocycles.